The van der Waals surface area contributed by atoms with Crippen LogP contribution >= 0.6 is 0 Å². The van der Waals surface area contributed by atoms with E-state index in [9.17, 15) is 0 Å². The van der Waals surface area contributed by atoms with Crippen molar-refractivity contribution in [3.63, 3.8) is 0 Å². The molecule has 0 amide bonds. The zero-order chi connectivity index (χ0) is 16.7. The lowest BCUT2D eigenvalue weighted by atomic mass is 10.2. The van der Waals surface area contributed by atoms with Crippen LogP contribution in [0.2, 0.25) is 0 Å². The molecule has 0 aliphatic rings. The zero-order valence-electron chi connectivity index (χ0n) is 14.1. The van der Waals surface area contributed by atoms with Crippen molar-refractivity contribution in [3.8, 4) is 11.5 Å². The maximum absolute atomic E-state index is 5.32. The van der Waals surface area contributed by atoms with E-state index in [2.05, 4.69) is 27.9 Å². The van der Waals surface area contributed by atoms with Crippen LogP contribution in [0.1, 0.15) is 11.1 Å². The van der Waals surface area contributed by atoms with Gasteiger partial charge in [-0.1, -0.05) is 6.07 Å². The van der Waals surface area contributed by atoms with E-state index >= 15 is 0 Å². The molecule has 0 saturated carbocycles. The van der Waals surface area contributed by atoms with Gasteiger partial charge in [0.1, 0.15) is 0 Å². The molecule has 0 atom stereocenters. The van der Waals surface area contributed by atoms with Gasteiger partial charge < -0.3 is 24.7 Å². The monoisotopic (exact) mass is 316 g/mol. The van der Waals surface area contributed by atoms with Crippen LogP contribution in [0, 0.1) is 0 Å². The first kappa shape index (κ1) is 16.7. The molecule has 0 aliphatic heterocycles. The van der Waals surface area contributed by atoms with Crippen LogP contribution in [0.15, 0.2) is 41.7 Å². The molecule has 0 bridgehead atoms. The molecule has 0 unspecified atom stereocenters. The quantitative estimate of drug-likeness (QED) is 0.631. The van der Waals surface area contributed by atoms with Crippen LogP contribution in [0.25, 0.3) is 0 Å². The Balaban J connectivity index is 1.90. The Morgan fingerprint density at radius 1 is 1.04 bits per heavy atom. The summed E-state index contributed by atoms with van der Waals surface area (Å²) in [5.74, 6) is 2.20. The molecule has 0 fully saturated rings. The smallest absolute Gasteiger partial charge is 0.191 e. The van der Waals surface area contributed by atoms with Crippen molar-refractivity contribution in [1.82, 2.24) is 15.2 Å². The fourth-order valence-electron chi connectivity index (χ4n) is 2.25. The molecule has 0 aliphatic carbocycles. The van der Waals surface area contributed by atoms with Gasteiger partial charge in [-0.25, -0.2) is 0 Å². The third-order valence-electron chi connectivity index (χ3n) is 3.48. The van der Waals surface area contributed by atoms with Gasteiger partial charge in [0.2, 0.25) is 0 Å². The Labute approximate surface area is 137 Å². The SMILES string of the molecule is CN=C(NCc1ccc(OC)c(OC)c1)NCc1ccn(C)c1. The Hall–Kier alpha value is -2.63. The van der Waals surface area contributed by atoms with E-state index < -0.39 is 0 Å². The molecule has 2 N–H and O–H groups in total. The highest BCUT2D eigenvalue weighted by Crippen LogP contribution is 2.27. The fourth-order valence-corrected chi connectivity index (χ4v) is 2.25. The van der Waals surface area contributed by atoms with Crippen molar-refractivity contribution in [2.75, 3.05) is 21.3 Å². The molecular weight excluding hydrogens is 292 g/mol. The second kappa shape index (κ2) is 8.12. The second-order valence-corrected chi connectivity index (χ2v) is 5.15. The van der Waals surface area contributed by atoms with Gasteiger partial charge in [0, 0.05) is 39.6 Å². The number of hydrogen-bond acceptors (Lipinski definition) is 3. The first-order chi connectivity index (χ1) is 11.2. The summed E-state index contributed by atoms with van der Waals surface area (Å²) in [5, 5.41) is 6.58. The molecule has 0 saturated heterocycles. The van der Waals surface area contributed by atoms with E-state index in [1.807, 2.05) is 36.0 Å². The standard InChI is InChI=1S/C17H24N4O2/c1-18-17(20-11-14-7-8-21(2)12-14)19-10-13-5-6-15(22-3)16(9-13)23-4/h5-9,12H,10-11H2,1-4H3,(H2,18,19,20). The lowest BCUT2D eigenvalue weighted by molar-refractivity contribution is 0.354. The van der Waals surface area contributed by atoms with Crippen LogP contribution < -0.4 is 20.1 Å². The van der Waals surface area contributed by atoms with Crippen molar-refractivity contribution < 1.29 is 9.47 Å². The highest BCUT2D eigenvalue weighted by Gasteiger charge is 2.05. The number of aromatic nitrogens is 1. The van der Waals surface area contributed by atoms with E-state index in [0.29, 0.717) is 6.54 Å². The van der Waals surface area contributed by atoms with Crippen LogP contribution in [-0.4, -0.2) is 31.8 Å². The molecule has 1 aromatic heterocycles. The number of nitrogens with zero attached hydrogens (tertiary/aromatic N) is 2. The third kappa shape index (κ3) is 4.67. The number of benzene rings is 1. The van der Waals surface area contributed by atoms with E-state index in [-0.39, 0.29) is 0 Å². The average molecular weight is 316 g/mol. The Morgan fingerprint density at radius 3 is 2.30 bits per heavy atom. The minimum Gasteiger partial charge on any atom is -0.493 e. The number of hydrogen-bond donors (Lipinski definition) is 2. The Morgan fingerprint density at radius 2 is 1.74 bits per heavy atom. The summed E-state index contributed by atoms with van der Waals surface area (Å²) in [6.45, 7) is 1.38. The largest absolute Gasteiger partial charge is 0.493 e. The van der Waals surface area contributed by atoms with Crippen LogP contribution in [0.3, 0.4) is 0 Å². The van der Waals surface area contributed by atoms with Gasteiger partial charge in [0.15, 0.2) is 17.5 Å². The summed E-state index contributed by atoms with van der Waals surface area (Å²) >= 11 is 0. The lowest BCUT2D eigenvalue weighted by Gasteiger charge is -2.13. The Bertz CT molecular complexity index is 664. The van der Waals surface area contributed by atoms with Crippen molar-refractivity contribution >= 4 is 5.96 Å². The maximum Gasteiger partial charge on any atom is 0.191 e. The molecule has 6 heteroatoms. The van der Waals surface area contributed by atoms with Gasteiger partial charge in [-0.3, -0.25) is 4.99 Å². The second-order valence-electron chi connectivity index (χ2n) is 5.15. The van der Waals surface area contributed by atoms with E-state index in [4.69, 9.17) is 9.47 Å². The number of guanidine groups is 1. The normalized spacial score (nSPS) is 11.2. The van der Waals surface area contributed by atoms with Gasteiger partial charge in [-0.2, -0.15) is 0 Å². The fraction of sp³-hybridized carbons (Fsp3) is 0.353. The van der Waals surface area contributed by atoms with E-state index in [1.54, 1.807) is 21.3 Å². The summed E-state index contributed by atoms with van der Waals surface area (Å²) in [7, 11) is 7.03. The summed E-state index contributed by atoms with van der Waals surface area (Å²) in [6, 6.07) is 7.93. The van der Waals surface area contributed by atoms with Crippen molar-refractivity contribution in [1.29, 1.82) is 0 Å². The van der Waals surface area contributed by atoms with Crippen LogP contribution in [0.4, 0.5) is 0 Å². The zero-order valence-corrected chi connectivity index (χ0v) is 14.1. The summed E-state index contributed by atoms with van der Waals surface area (Å²) in [4.78, 5) is 4.23. The first-order valence-electron chi connectivity index (χ1n) is 7.42. The lowest BCUT2D eigenvalue weighted by Crippen LogP contribution is -2.36. The maximum atomic E-state index is 5.32. The third-order valence-corrected chi connectivity index (χ3v) is 3.48. The van der Waals surface area contributed by atoms with E-state index in [1.165, 1.54) is 5.56 Å². The van der Waals surface area contributed by atoms with Crippen LogP contribution in [-0.2, 0) is 20.1 Å². The number of aliphatic imine (C=N–C) groups is 1. The molecule has 1 heterocycles. The van der Waals surface area contributed by atoms with Gasteiger partial charge in [-0.05, 0) is 29.3 Å². The molecule has 2 aromatic rings. The molecule has 2 rings (SSSR count). The summed E-state index contributed by atoms with van der Waals surface area (Å²) in [5.41, 5.74) is 2.30. The van der Waals surface area contributed by atoms with Gasteiger partial charge in [-0.15, -0.1) is 0 Å². The average Bonchev–Trinajstić information content (AvgIpc) is 3.00. The number of rotatable bonds is 6. The van der Waals surface area contributed by atoms with E-state index in [0.717, 1.165) is 29.6 Å². The molecule has 0 spiro atoms. The van der Waals surface area contributed by atoms with Crippen molar-refractivity contribution in [2.24, 2.45) is 12.0 Å². The summed E-state index contributed by atoms with van der Waals surface area (Å²) < 4.78 is 12.6. The minimum atomic E-state index is 0.648. The predicted molar refractivity (Wildman–Crippen MR) is 92.0 cm³/mol. The highest BCUT2D eigenvalue weighted by atomic mass is 16.5. The van der Waals surface area contributed by atoms with Crippen molar-refractivity contribution in [3.05, 3.63) is 47.8 Å². The first-order valence-corrected chi connectivity index (χ1v) is 7.42. The number of ether oxygens (including phenoxy) is 2. The predicted octanol–water partition coefficient (Wildman–Crippen LogP) is 1.91. The van der Waals surface area contributed by atoms with Crippen molar-refractivity contribution in [2.45, 2.75) is 13.1 Å². The number of aryl methyl sites for hydroxylation is 1. The molecule has 1 aromatic carbocycles. The molecule has 0 radical (unpaired) electrons. The van der Waals surface area contributed by atoms with Gasteiger partial charge in [0.05, 0.1) is 14.2 Å². The Kier molecular flexibility index (Phi) is 5.91. The number of nitrogens with one attached hydrogen (secondary N) is 2. The van der Waals surface area contributed by atoms with Gasteiger partial charge >= 0.3 is 0 Å². The topological polar surface area (TPSA) is 59.8 Å². The number of methoxy groups -OCH3 is 2. The molecule has 124 valence electrons. The molecular formula is C17H24N4O2. The highest BCUT2D eigenvalue weighted by molar-refractivity contribution is 5.79. The molecule has 23 heavy (non-hydrogen) atoms. The molecule has 6 nitrogen and oxygen atoms in total. The summed E-state index contributed by atoms with van der Waals surface area (Å²) in [6.07, 6.45) is 4.10. The van der Waals surface area contributed by atoms with Gasteiger partial charge in [0.25, 0.3) is 0 Å². The van der Waals surface area contributed by atoms with Crippen LogP contribution in [0.5, 0.6) is 11.5 Å². The minimum absolute atomic E-state index is 0.648.